The molecule has 0 bridgehead atoms. The van der Waals surface area contributed by atoms with Crippen molar-refractivity contribution >= 4 is 0 Å². The second kappa shape index (κ2) is 7.61. The smallest absolute Gasteiger partial charge is 0.0848 e. The highest BCUT2D eigenvalue weighted by Gasteiger charge is 2.40. The highest BCUT2D eigenvalue weighted by atomic mass is 16.5. The van der Waals surface area contributed by atoms with E-state index in [2.05, 4.69) is 12.3 Å². The molecule has 0 amide bonds. The van der Waals surface area contributed by atoms with Gasteiger partial charge in [-0.05, 0) is 32.1 Å². The summed E-state index contributed by atoms with van der Waals surface area (Å²) < 4.78 is 6.27. The predicted octanol–water partition coefficient (Wildman–Crippen LogP) is 3.53. The van der Waals surface area contributed by atoms with Crippen molar-refractivity contribution in [2.45, 2.75) is 89.2 Å². The van der Waals surface area contributed by atoms with Gasteiger partial charge in [-0.25, -0.2) is 0 Å². The Morgan fingerprint density at radius 3 is 2.26 bits per heavy atom. The van der Waals surface area contributed by atoms with Crippen LogP contribution in [0.1, 0.15) is 77.6 Å². The van der Waals surface area contributed by atoms with E-state index in [4.69, 9.17) is 10.6 Å². The van der Waals surface area contributed by atoms with Crippen LogP contribution < -0.4 is 11.3 Å². The lowest BCUT2D eigenvalue weighted by Gasteiger charge is -2.41. The molecule has 0 aromatic heterocycles. The minimum absolute atomic E-state index is 0.00257. The summed E-state index contributed by atoms with van der Waals surface area (Å²) in [7, 11) is 0. The van der Waals surface area contributed by atoms with Gasteiger partial charge >= 0.3 is 0 Å². The van der Waals surface area contributed by atoms with Crippen LogP contribution in [0.4, 0.5) is 0 Å². The van der Waals surface area contributed by atoms with Crippen LogP contribution in [-0.4, -0.2) is 18.2 Å². The fraction of sp³-hybridized carbons (Fsp3) is 1.00. The number of ether oxygens (including phenoxy) is 1. The van der Waals surface area contributed by atoms with Gasteiger partial charge in [0, 0.05) is 6.61 Å². The van der Waals surface area contributed by atoms with E-state index in [0.717, 1.165) is 12.5 Å². The Bertz CT molecular complexity index is 243. The molecule has 3 nitrogen and oxygen atoms in total. The maximum absolute atomic E-state index is 6.27. The number of hydrogen-bond acceptors (Lipinski definition) is 3. The Morgan fingerprint density at radius 2 is 1.74 bits per heavy atom. The Hall–Kier alpha value is -0.120. The Balaban J connectivity index is 2.03. The fourth-order valence-corrected chi connectivity index (χ4v) is 4.22. The normalized spacial score (nSPS) is 26.2. The molecule has 3 N–H and O–H groups in total. The topological polar surface area (TPSA) is 47.3 Å². The average Bonchev–Trinajstić information content (AvgIpc) is 2.82. The summed E-state index contributed by atoms with van der Waals surface area (Å²) in [6.07, 6.45) is 14.5. The molecule has 0 heterocycles. The number of rotatable bonds is 6. The first-order chi connectivity index (χ1) is 9.30. The Kier molecular flexibility index (Phi) is 6.11. The van der Waals surface area contributed by atoms with E-state index in [1.54, 1.807) is 0 Å². The summed E-state index contributed by atoms with van der Waals surface area (Å²) in [4.78, 5) is 0. The van der Waals surface area contributed by atoms with Crippen molar-refractivity contribution < 1.29 is 4.74 Å². The molecule has 3 heteroatoms. The summed E-state index contributed by atoms with van der Waals surface area (Å²) in [5, 5.41) is 0. The van der Waals surface area contributed by atoms with E-state index in [1.165, 1.54) is 70.6 Å². The van der Waals surface area contributed by atoms with Crippen LogP contribution in [0.2, 0.25) is 0 Å². The van der Waals surface area contributed by atoms with Gasteiger partial charge in [0.25, 0.3) is 0 Å². The van der Waals surface area contributed by atoms with Crippen LogP contribution in [0.25, 0.3) is 0 Å². The molecule has 1 unspecified atom stereocenters. The highest BCUT2D eigenvalue weighted by Crippen LogP contribution is 2.38. The molecule has 0 aromatic rings. The molecule has 2 saturated carbocycles. The molecule has 2 aliphatic rings. The van der Waals surface area contributed by atoms with E-state index in [-0.39, 0.29) is 5.60 Å². The van der Waals surface area contributed by atoms with Gasteiger partial charge in [0.1, 0.15) is 0 Å². The van der Waals surface area contributed by atoms with E-state index in [0.29, 0.717) is 6.04 Å². The maximum atomic E-state index is 6.27. The molecule has 0 radical (unpaired) electrons. The number of nitrogens with one attached hydrogen (secondary N) is 1. The van der Waals surface area contributed by atoms with Gasteiger partial charge in [-0.1, -0.05) is 51.4 Å². The minimum Gasteiger partial charge on any atom is -0.374 e. The lowest BCUT2D eigenvalue weighted by atomic mass is 9.81. The van der Waals surface area contributed by atoms with Crippen LogP contribution in [-0.2, 0) is 4.74 Å². The lowest BCUT2D eigenvalue weighted by Crippen LogP contribution is -2.55. The van der Waals surface area contributed by atoms with E-state index in [9.17, 15) is 0 Å². The molecule has 0 aromatic carbocycles. The van der Waals surface area contributed by atoms with Crippen molar-refractivity contribution in [1.29, 1.82) is 0 Å². The summed E-state index contributed by atoms with van der Waals surface area (Å²) >= 11 is 0. The molecule has 0 saturated heterocycles. The quantitative estimate of drug-likeness (QED) is 0.440. The predicted molar refractivity (Wildman–Crippen MR) is 79.7 cm³/mol. The molecule has 0 aliphatic heterocycles. The van der Waals surface area contributed by atoms with Crippen LogP contribution >= 0.6 is 0 Å². The third kappa shape index (κ3) is 3.93. The van der Waals surface area contributed by atoms with Crippen LogP contribution in [0.5, 0.6) is 0 Å². The van der Waals surface area contributed by atoms with Gasteiger partial charge in [0.05, 0.1) is 11.6 Å². The molecule has 1 atom stereocenters. The minimum atomic E-state index is 0.00257. The Morgan fingerprint density at radius 1 is 1.11 bits per heavy atom. The van der Waals surface area contributed by atoms with E-state index < -0.39 is 0 Å². The van der Waals surface area contributed by atoms with Gasteiger partial charge < -0.3 is 4.74 Å². The van der Waals surface area contributed by atoms with Gasteiger partial charge in [-0.2, -0.15) is 0 Å². The SMILES string of the molecule is CCOC1(C(CC2CCCC2)NN)CCCCCC1. The zero-order chi connectivity index (χ0) is 13.6. The van der Waals surface area contributed by atoms with Crippen LogP contribution in [0.15, 0.2) is 0 Å². The van der Waals surface area contributed by atoms with Crippen molar-refractivity contribution in [1.82, 2.24) is 5.43 Å². The molecule has 0 spiro atoms. The zero-order valence-electron chi connectivity index (χ0n) is 12.6. The standard InChI is InChI=1S/C16H32N2O/c1-2-19-16(11-7-3-4-8-12-16)15(18-17)13-14-9-5-6-10-14/h14-15,18H,2-13,17H2,1H3. The first-order valence-corrected chi connectivity index (χ1v) is 8.41. The van der Waals surface area contributed by atoms with Crippen molar-refractivity contribution in [2.75, 3.05) is 6.61 Å². The summed E-state index contributed by atoms with van der Waals surface area (Å²) in [5.74, 6) is 6.78. The largest absolute Gasteiger partial charge is 0.374 e. The molecule has 2 aliphatic carbocycles. The van der Waals surface area contributed by atoms with Gasteiger partial charge in [0.2, 0.25) is 0 Å². The summed E-state index contributed by atoms with van der Waals surface area (Å²) in [6, 6.07) is 0.341. The number of hydrazine groups is 1. The molecule has 19 heavy (non-hydrogen) atoms. The third-order valence-electron chi connectivity index (χ3n) is 5.26. The number of nitrogens with two attached hydrogens (primary N) is 1. The maximum Gasteiger partial charge on any atom is 0.0848 e. The summed E-state index contributed by atoms with van der Waals surface area (Å²) in [6.45, 7) is 2.93. The molecular weight excluding hydrogens is 236 g/mol. The second-order valence-corrected chi connectivity index (χ2v) is 6.52. The monoisotopic (exact) mass is 268 g/mol. The highest BCUT2D eigenvalue weighted by molar-refractivity contribution is 4.95. The Labute approximate surface area is 118 Å². The first kappa shape index (κ1) is 15.3. The van der Waals surface area contributed by atoms with Crippen LogP contribution in [0.3, 0.4) is 0 Å². The second-order valence-electron chi connectivity index (χ2n) is 6.52. The first-order valence-electron chi connectivity index (χ1n) is 8.41. The third-order valence-corrected chi connectivity index (χ3v) is 5.26. The molecule has 2 fully saturated rings. The fourth-order valence-electron chi connectivity index (χ4n) is 4.22. The van der Waals surface area contributed by atoms with Crippen molar-refractivity contribution in [3.63, 3.8) is 0 Å². The van der Waals surface area contributed by atoms with Crippen LogP contribution in [0, 0.1) is 5.92 Å². The lowest BCUT2D eigenvalue weighted by molar-refractivity contribution is -0.0815. The van der Waals surface area contributed by atoms with Crippen molar-refractivity contribution in [3.8, 4) is 0 Å². The number of hydrogen-bond donors (Lipinski definition) is 2. The molecule has 2 rings (SSSR count). The van der Waals surface area contributed by atoms with E-state index >= 15 is 0 Å². The molecular formula is C16H32N2O. The van der Waals surface area contributed by atoms with Gasteiger partial charge in [0.15, 0.2) is 0 Å². The molecule has 112 valence electrons. The summed E-state index contributed by atoms with van der Waals surface area (Å²) in [5.41, 5.74) is 3.13. The van der Waals surface area contributed by atoms with Crippen molar-refractivity contribution in [3.05, 3.63) is 0 Å². The zero-order valence-corrected chi connectivity index (χ0v) is 12.6. The van der Waals surface area contributed by atoms with Gasteiger partial charge in [-0.3, -0.25) is 11.3 Å². The van der Waals surface area contributed by atoms with E-state index in [1.807, 2.05) is 0 Å². The van der Waals surface area contributed by atoms with Gasteiger partial charge in [-0.15, -0.1) is 0 Å². The average molecular weight is 268 g/mol. The van der Waals surface area contributed by atoms with Crippen molar-refractivity contribution in [2.24, 2.45) is 11.8 Å².